The second-order valence-electron chi connectivity index (χ2n) is 5.01. The summed E-state index contributed by atoms with van der Waals surface area (Å²) in [5.74, 6) is 0.398. The molecule has 0 aliphatic rings. The van der Waals surface area contributed by atoms with Crippen molar-refractivity contribution in [3.8, 4) is 0 Å². The van der Waals surface area contributed by atoms with Gasteiger partial charge >= 0.3 is 0 Å². The van der Waals surface area contributed by atoms with Crippen LogP contribution in [0.1, 0.15) is 40.7 Å². The normalized spacial score (nSPS) is 12.1. The number of ketones is 1. The first-order valence-corrected chi connectivity index (χ1v) is 6.52. The number of carbonyl (C=O) groups is 1. The molecule has 19 heavy (non-hydrogen) atoms. The van der Waals surface area contributed by atoms with Crippen molar-refractivity contribution in [3.63, 3.8) is 0 Å². The number of benzene rings is 2. The molecule has 0 radical (unpaired) electrons. The lowest BCUT2D eigenvalue weighted by Gasteiger charge is -2.12. The van der Waals surface area contributed by atoms with Crippen molar-refractivity contribution in [2.45, 2.75) is 26.2 Å². The number of hydrogen-bond donors (Lipinski definition) is 1. The number of aryl methyl sites for hydroxylation is 1. The van der Waals surface area contributed by atoms with Crippen molar-refractivity contribution < 1.29 is 4.79 Å². The van der Waals surface area contributed by atoms with E-state index in [0.717, 1.165) is 22.4 Å². The van der Waals surface area contributed by atoms with Gasteiger partial charge in [0.05, 0.1) is 0 Å². The number of Topliss-reactive ketones (excluding diaryl/α,β-unsaturated/α-hetero) is 1. The molecule has 0 aromatic heterocycles. The molecule has 2 nitrogen and oxygen atoms in total. The maximum absolute atomic E-state index is 12.3. The highest BCUT2D eigenvalue weighted by atomic mass is 16.1. The van der Waals surface area contributed by atoms with Crippen molar-refractivity contribution in [1.29, 1.82) is 0 Å². The average Bonchev–Trinajstić information content (AvgIpc) is 2.39. The average molecular weight is 253 g/mol. The first-order valence-electron chi connectivity index (χ1n) is 6.52. The van der Waals surface area contributed by atoms with E-state index < -0.39 is 0 Å². The van der Waals surface area contributed by atoms with Crippen molar-refractivity contribution in [3.05, 3.63) is 65.2 Å². The van der Waals surface area contributed by atoms with Gasteiger partial charge in [0.25, 0.3) is 0 Å². The standard InChI is InChI=1S/C17H19NO/c1-12-5-3-4-6-16(12)17(19)11-13(2)14-7-9-15(18)10-8-14/h3-10,13H,11,18H2,1-2H3. The fraction of sp³-hybridized carbons (Fsp3) is 0.235. The Hall–Kier alpha value is -2.09. The van der Waals surface area contributed by atoms with Crippen LogP contribution in [-0.2, 0) is 0 Å². The molecule has 0 bridgehead atoms. The molecule has 1 unspecified atom stereocenters. The Morgan fingerprint density at radius 3 is 2.37 bits per heavy atom. The molecule has 0 saturated carbocycles. The third-order valence-corrected chi connectivity index (χ3v) is 3.44. The van der Waals surface area contributed by atoms with Crippen LogP contribution in [0.25, 0.3) is 0 Å². The SMILES string of the molecule is Cc1ccccc1C(=O)CC(C)c1ccc(N)cc1. The first kappa shape index (κ1) is 13.3. The first-order chi connectivity index (χ1) is 9.08. The van der Waals surface area contributed by atoms with Gasteiger partial charge in [-0.05, 0) is 36.1 Å². The Morgan fingerprint density at radius 2 is 1.74 bits per heavy atom. The molecule has 0 spiro atoms. The molecule has 0 aliphatic carbocycles. The van der Waals surface area contributed by atoms with Crippen LogP contribution < -0.4 is 5.73 Å². The molecular formula is C17H19NO. The predicted molar refractivity (Wildman–Crippen MR) is 79.4 cm³/mol. The zero-order valence-electron chi connectivity index (χ0n) is 11.4. The maximum Gasteiger partial charge on any atom is 0.163 e. The van der Waals surface area contributed by atoms with Gasteiger partial charge in [-0.1, -0.05) is 43.3 Å². The number of nitrogen functional groups attached to an aromatic ring is 1. The van der Waals surface area contributed by atoms with E-state index in [1.165, 1.54) is 0 Å². The lowest BCUT2D eigenvalue weighted by atomic mass is 9.92. The van der Waals surface area contributed by atoms with Crippen LogP contribution in [0, 0.1) is 6.92 Å². The van der Waals surface area contributed by atoms with Gasteiger partial charge in [-0.25, -0.2) is 0 Å². The van der Waals surface area contributed by atoms with Gasteiger partial charge in [0, 0.05) is 17.7 Å². The summed E-state index contributed by atoms with van der Waals surface area (Å²) < 4.78 is 0. The predicted octanol–water partition coefficient (Wildman–Crippen LogP) is 3.95. The lowest BCUT2D eigenvalue weighted by molar-refractivity contribution is 0.0975. The van der Waals surface area contributed by atoms with Crippen LogP contribution in [0.2, 0.25) is 0 Å². The van der Waals surface area contributed by atoms with Crippen molar-refractivity contribution in [2.75, 3.05) is 5.73 Å². The molecule has 1 atom stereocenters. The summed E-state index contributed by atoms with van der Waals surface area (Å²) in [4.78, 5) is 12.3. The quantitative estimate of drug-likeness (QED) is 0.662. The third-order valence-electron chi connectivity index (χ3n) is 3.44. The highest BCUT2D eigenvalue weighted by Gasteiger charge is 2.14. The van der Waals surface area contributed by atoms with Gasteiger partial charge in [0.15, 0.2) is 5.78 Å². The minimum Gasteiger partial charge on any atom is -0.399 e. The van der Waals surface area contributed by atoms with Crippen LogP contribution in [0.3, 0.4) is 0 Å². The van der Waals surface area contributed by atoms with Crippen molar-refractivity contribution >= 4 is 11.5 Å². The lowest BCUT2D eigenvalue weighted by Crippen LogP contribution is -2.06. The van der Waals surface area contributed by atoms with E-state index in [2.05, 4.69) is 6.92 Å². The molecule has 2 N–H and O–H groups in total. The number of hydrogen-bond acceptors (Lipinski definition) is 2. The van der Waals surface area contributed by atoms with Crippen LogP contribution in [0.15, 0.2) is 48.5 Å². The van der Waals surface area contributed by atoms with E-state index in [0.29, 0.717) is 6.42 Å². The molecule has 0 aliphatic heterocycles. The molecule has 2 rings (SSSR count). The monoisotopic (exact) mass is 253 g/mol. The zero-order valence-corrected chi connectivity index (χ0v) is 11.4. The Balaban J connectivity index is 2.11. The van der Waals surface area contributed by atoms with Crippen molar-refractivity contribution in [2.24, 2.45) is 0 Å². The zero-order chi connectivity index (χ0) is 13.8. The second kappa shape index (κ2) is 5.70. The van der Waals surface area contributed by atoms with Gasteiger partial charge in [-0.15, -0.1) is 0 Å². The summed E-state index contributed by atoms with van der Waals surface area (Å²) in [7, 11) is 0. The Kier molecular flexibility index (Phi) is 4.00. The smallest absolute Gasteiger partial charge is 0.163 e. The molecule has 0 fully saturated rings. The maximum atomic E-state index is 12.3. The topological polar surface area (TPSA) is 43.1 Å². The van der Waals surface area contributed by atoms with Crippen molar-refractivity contribution in [1.82, 2.24) is 0 Å². The summed E-state index contributed by atoms with van der Waals surface area (Å²) in [6.07, 6.45) is 0.523. The number of anilines is 1. The minimum atomic E-state index is 0.197. The molecule has 98 valence electrons. The van der Waals surface area contributed by atoms with Gasteiger partial charge in [0.1, 0.15) is 0 Å². The summed E-state index contributed by atoms with van der Waals surface area (Å²) >= 11 is 0. The summed E-state index contributed by atoms with van der Waals surface area (Å²) in [5.41, 5.74) is 9.44. The van der Waals surface area contributed by atoms with Crippen LogP contribution >= 0.6 is 0 Å². The fourth-order valence-electron chi connectivity index (χ4n) is 2.22. The Morgan fingerprint density at radius 1 is 1.11 bits per heavy atom. The van der Waals surface area contributed by atoms with Gasteiger partial charge in [0.2, 0.25) is 0 Å². The Labute approximate surface area is 114 Å². The van der Waals surface area contributed by atoms with Gasteiger partial charge in [-0.2, -0.15) is 0 Å². The van der Waals surface area contributed by atoms with Crippen LogP contribution in [0.4, 0.5) is 5.69 Å². The molecule has 0 saturated heterocycles. The van der Waals surface area contributed by atoms with Crippen LogP contribution in [0.5, 0.6) is 0 Å². The largest absolute Gasteiger partial charge is 0.399 e. The third kappa shape index (κ3) is 3.22. The molecule has 0 amide bonds. The van der Waals surface area contributed by atoms with E-state index >= 15 is 0 Å². The summed E-state index contributed by atoms with van der Waals surface area (Å²) in [6.45, 7) is 4.04. The molecule has 2 heteroatoms. The molecular weight excluding hydrogens is 234 g/mol. The second-order valence-corrected chi connectivity index (χ2v) is 5.01. The van der Waals surface area contributed by atoms with Gasteiger partial charge < -0.3 is 5.73 Å². The Bertz CT molecular complexity index is 572. The van der Waals surface area contributed by atoms with Gasteiger partial charge in [-0.3, -0.25) is 4.79 Å². The van der Waals surface area contributed by atoms with E-state index in [9.17, 15) is 4.79 Å². The number of rotatable bonds is 4. The van der Waals surface area contributed by atoms with E-state index in [1.54, 1.807) is 0 Å². The van der Waals surface area contributed by atoms with E-state index in [4.69, 9.17) is 5.73 Å². The molecule has 2 aromatic rings. The highest BCUT2D eigenvalue weighted by Crippen LogP contribution is 2.23. The number of nitrogens with two attached hydrogens (primary N) is 1. The fourth-order valence-corrected chi connectivity index (χ4v) is 2.22. The highest BCUT2D eigenvalue weighted by molar-refractivity contribution is 5.97. The molecule has 0 heterocycles. The van der Waals surface area contributed by atoms with Crippen LogP contribution in [-0.4, -0.2) is 5.78 Å². The van der Waals surface area contributed by atoms with E-state index in [-0.39, 0.29) is 11.7 Å². The van der Waals surface area contributed by atoms with E-state index in [1.807, 2.05) is 55.5 Å². The minimum absolute atomic E-state index is 0.197. The number of carbonyl (C=O) groups excluding carboxylic acids is 1. The summed E-state index contributed by atoms with van der Waals surface area (Å²) in [6, 6.07) is 15.5. The molecule has 2 aromatic carbocycles. The summed E-state index contributed by atoms with van der Waals surface area (Å²) in [5, 5.41) is 0.